The third kappa shape index (κ3) is 3.98. The summed E-state index contributed by atoms with van der Waals surface area (Å²) in [6, 6.07) is 6.50. The molecule has 0 radical (unpaired) electrons. The summed E-state index contributed by atoms with van der Waals surface area (Å²) < 4.78 is 13.4. The molecule has 2 rings (SSSR count). The maximum atomic E-state index is 12.8. The first-order chi connectivity index (χ1) is 9.06. The molecule has 2 atom stereocenters. The van der Waals surface area contributed by atoms with Crippen molar-refractivity contribution in [1.29, 1.82) is 0 Å². The van der Waals surface area contributed by atoms with Crippen LogP contribution in [0.1, 0.15) is 29.6 Å². The molecule has 3 nitrogen and oxygen atoms in total. The number of aliphatic hydroxyl groups is 1. The van der Waals surface area contributed by atoms with Crippen molar-refractivity contribution in [2.24, 2.45) is 0 Å². The lowest BCUT2D eigenvalue weighted by Crippen LogP contribution is -2.24. The maximum absolute atomic E-state index is 12.8. The molecule has 0 aliphatic heterocycles. The molecule has 0 fully saturated rings. The number of pyridine rings is 1. The van der Waals surface area contributed by atoms with E-state index in [-0.39, 0.29) is 11.9 Å². The Labute approximate surface area is 120 Å². The third-order valence-electron chi connectivity index (χ3n) is 2.73. The Hall–Kier alpha value is -1.01. The summed E-state index contributed by atoms with van der Waals surface area (Å²) in [4.78, 5) is 4.81. The largest absolute Gasteiger partial charge is 0.386 e. The number of aromatic nitrogens is 1. The van der Waals surface area contributed by atoms with Crippen LogP contribution in [0.15, 0.2) is 30.5 Å². The fraction of sp³-hybridized carbons (Fsp3) is 0.308. The lowest BCUT2D eigenvalue weighted by molar-refractivity contribution is 0.174. The molecule has 2 aromatic rings. The predicted molar refractivity (Wildman–Crippen MR) is 74.9 cm³/mol. The highest BCUT2D eigenvalue weighted by Gasteiger charge is 2.13. The van der Waals surface area contributed by atoms with Gasteiger partial charge in [0.15, 0.2) is 0 Å². The van der Waals surface area contributed by atoms with Crippen LogP contribution < -0.4 is 5.32 Å². The Kier molecular flexibility index (Phi) is 4.87. The first-order valence-corrected chi connectivity index (χ1v) is 7.04. The summed E-state index contributed by atoms with van der Waals surface area (Å²) in [5.41, 5.74) is 0.734. The number of aliphatic hydroxyl groups excluding tert-OH is 1. The second-order valence-electron chi connectivity index (χ2n) is 4.19. The zero-order valence-electron chi connectivity index (χ0n) is 10.3. The number of hydrogen-bond acceptors (Lipinski definition) is 4. The van der Waals surface area contributed by atoms with E-state index in [4.69, 9.17) is 11.6 Å². The van der Waals surface area contributed by atoms with Gasteiger partial charge in [-0.25, -0.2) is 4.39 Å². The minimum atomic E-state index is -0.611. The molecule has 0 saturated heterocycles. The molecule has 0 saturated carbocycles. The van der Waals surface area contributed by atoms with Gasteiger partial charge in [-0.15, -0.1) is 11.3 Å². The first-order valence-electron chi connectivity index (χ1n) is 5.84. The minimum Gasteiger partial charge on any atom is -0.386 e. The minimum absolute atomic E-state index is 0.0642. The Morgan fingerprint density at radius 2 is 2.21 bits per heavy atom. The lowest BCUT2D eigenvalue weighted by atomic mass is 10.2. The SMILES string of the molecule is CC(NCC(O)c1ccc(Cl)s1)c1ccc(F)cn1. The molecule has 2 unspecified atom stereocenters. The average Bonchev–Trinajstić information content (AvgIpc) is 2.83. The molecule has 2 aromatic heterocycles. The molecule has 2 N–H and O–H groups in total. The maximum Gasteiger partial charge on any atom is 0.141 e. The van der Waals surface area contributed by atoms with Crippen LogP contribution in [-0.4, -0.2) is 16.6 Å². The standard InChI is InChI=1S/C13H14ClFN2OS/c1-8(10-3-2-9(15)6-17-10)16-7-11(18)12-4-5-13(14)19-12/h2-6,8,11,16,18H,7H2,1H3. The van der Waals surface area contributed by atoms with E-state index in [1.807, 2.05) is 6.92 Å². The van der Waals surface area contributed by atoms with Crippen LogP contribution in [0.4, 0.5) is 4.39 Å². The summed E-state index contributed by atoms with van der Waals surface area (Å²) >= 11 is 7.17. The zero-order valence-corrected chi connectivity index (χ0v) is 11.9. The molecule has 0 aliphatic carbocycles. The topological polar surface area (TPSA) is 45.1 Å². The van der Waals surface area contributed by atoms with Crippen LogP contribution in [0.3, 0.4) is 0 Å². The molecule has 0 aliphatic rings. The number of hydrogen-bond donors (Lipinski definition) is 2. The summed E-state index contributed by atoms with van der Waals surface area (Å²) in [5.74, 6) is -0.357. The Balaban J connectivity index is 1.89. The van der Waals surface area contributed by atoms with Gasteiger partial charge in [0, 0.05) is 17.5 Å². The van der Waals surface area contributed by atoms with Gasteiger partial charge in [0.2, 0.25) is 0 Å². The van der Waals surface area contributed by atoms with Gasteiger partial charge in [0.05, 0.1) is 16.2 Å². The van der Waals surface area contributed by atoms with E-state index < -0.39 is 6.10 Å². The van der Waals surface area contributed by atoms with E-state index in [9.17, 15) is 9.50 Å². The quantitative estimate of drug-likeness (QED) is 0.890. The summed E-state index contributed by atoms with van der Waals surface area (Å²) in [5, 5.41) is 13.1. The van der Waals surface area contributed by atoms with Crippen molar-refractivity contribution in [3.63, 3.8) is 0 Å². The molecule has 19 heavy (non-hydrogen) atoms. The smallest absolute Gasteiger partial charge is 0.141 e. The normalized spacial score (nSPS) is 14.3. The highest BCUT2D eigenvalue weighted by atomic mass is 35.5. The first kappa shape index (κ1) is 14.4. The predicted octanol–water partition coefficient (Wildman–Crippen LogP) is 3.32. The van der Waals surface area contributed by atoms with E-state index in [0.29, 0.717) is 10.9 Å². The van der Waals surface area contributed by atoms with Crippen molar-refractivity contribution in [2.45, 2.75) is 19.1 Å². The van der Waals surface area contributed by atoms with Crippen molar-refractivity contribution in [1.82, 2.24) is 10.3 Å². The molecule has 0 amide bonds. The van der Waals surface area contributed by atoms with Gasteiger partial charge in [0.1, 0.15) is 11.9 Å². The van der Waals surface area contributed by atoms with E-state index in [0.717, 1.165) is 10.6 Å². The molecular weight excluding hydrogens is 287 g/mol. The van der Waals surface area contributed by atoms with Gasteiger partial charge in [-0.2, -0.15) is 0 Å². The number of thiophene rings is 1. The van der Waals surface area contributed by atoms with E-state index in [2.05, 4.69) is 10.3 Å². The highest BCUT2D eigenvalue weighted by molar-refractivity contribution is 7.16. The van der Waals surface area contributed by atoms with Crippen molar-refractivity contribution in [3.05, 3.63) is 51.2 Å². The van der Waals surface area contributed by atoms with Gasteiger partial charge in [-0.3, -0.25) is 4.98 Å². The summed E-state index contributed by atoms with van der Waals surface area (Å²) in [6.45, 7) is 2.30. The Bertz CT molecular complexity index is 532. The number of halogens is 2. The van der Waals surface area contributed by atoms with E-state index in [1.165, 1.54) is 23.6 Å². The van der Waals surface area contributed by atoms with Gasteiger partial charge < -0.3 is 10.4 Å². The van der Waals surface area contributed by atoms with Crippen LogP contribution in [0.25, 0.3) is 0 Å². The van der Waals surface area contributed by atoms with Gasteiger partial charge in [0.25, 0.3) is 0 Å². The van der Waals surface area contributed by atoms with Gasteiger partial charge >= 0.3 is 0 Å². The third-order valence-corrected chi connectivity index (χ3v) is 4.07. The molecule has 0 spiro atoms. The fourth-order valence-electron chi connectivity index (χ4n) is 1.64. The fourth-order valence-corrected chi connectivity index (χ4v) is 2.69. The Morgan fingerprint density at radius 3 is 2.79 bits per heavy atom. The van der Waals surface area contributed by atoms with E-state index >= 15 is 0 Å². The lowest BCUT2D eigenvalue weighted by Gasteiger charge is -2.16. The Morgan fingerprint density at radius 1 is 1.42 bits per heavy atom. The van der Waals surface area contributed by atoms with Crippen molar-refractivity contribution >= 4 is 22.9 Å². The monoisotopic (exact) mass is 300 g/mol. The molecule has 0 bridgehead atoms. The van der Waals surface area contributed by atoms with Crippen LogP contribution >= 0.6 is 22.9 Å². The van der Waals surface area contributed by atoms with Crippen LogP contribution in [0, 0.1) is 5.82 Å². The number of rotatable bonds is 5. The molecule has 102 valence electrons. The van der Waals surface area contributed by atoms with Crippen LogP contribution in [0.5, 0.6) is 0 Å². The number of nitrogens with one attached hydrogen (secondary N) is 1. The second kappa shape index (κ2) is 6.43. The molecule has 6 heteroatoms. The second-order valence-corrected chi connectivity index (χ2v) is 5.94. The average molecular weight is 301 g/mol. The zero-order chi connectivity index (χ0) is 13.8. The van der Waals surface area contributed by atoms with Crippen molar-refractivity contribution in [3.8, 4) is 0 Å². The summed E-state index contributed by atoms with van der Waals surface area (Å²) in [6.07, 6.45) is 0.573. The van der Waals surface area contributed by atoms with Crippen LogP contribution in [0.2, 0.25) is 4.34 Å². The number of nitrogens with zero attached hydrogens (tertiary/aromatic N) is 1. The van der Waals surface area contributed by atoms with E-state index in [1.54, 1.807) is 18.2 Å². The van der Waals surface area contributed by atoms with Gasteiger partial charge in [-0.1, -0.05) is 11.6 Å². The van der Waals surface area contributed by atoms with Crippen molar-refractivity contribution in [2.75, 3.05) is 6.54 Å². The summed E-state index contributed by atoms with van der Waals surface area (Å²) in [7, 11) is 0. The highest BCUT2D eigenvalue weighted by Crippen LogP contribution is 2.26. The molecule has 0 aromatic carbocycles. The van der Waals surface area contributed by atoms with Gasteiger partial charge in [-0.05, 0) is 31.2 Å². The van der Waals surface area contributed by atoms with Crippen molar-refractivity contribution < 1.29 is 9.50 Å². The van der Waals surface area contributed by atoms with Crippen LogP contribution in [-0.2, 0) is 0 Å². The molecular formula is C13H14ClFN2OS. The molecule has 2 heterocycles.